The van der Waals surface area contributed by atoms with Crippen LogP contribution in [0, 0.1) is 47.3 Å². The van der Waals surface area contributed by atoms with E-state index in [9.17, 15) is 0 Å². The van der Waals surface area contributed by atoms with Gasteiger partial charge in [0.25, 0.3) is 0 Å². The van der Waals surface area contributed by atoms with E-state index >= 15 is 0 Å². The van der Waals surface area contributed by atoms with Crippen molar-refractivity contribution in [1.82, 2.24) is 0 Å². The maximum atomic E-state index is 2.31. The summed E-state index contributed by atoms with van der Waals surface area (Å²) >= 11 is 0. The second-order valence-corrected chi connectivity index (χ2v) is 15.6. The van der Waals surface area contributed by atoms with E-state index in [4.69, 9.17) is 0 Å². The summed E-state index contributed by atoms with van der Waals surface area (Å²) in [6.45, 7) is 36.7. The zero-order valence-electron chi connectivity index (χ0n) is 30.5. The predicted molar refractivity (Wildman–Crippen MR) is 183 cm³/mol. The average molecular weight is 541 g/mol. The summed E-state index contributed by atoms with van der Waals surface area (Å²) in [6, 6.07) is 0. The summed E-state index contributed by atoms with van der Waals surface area (Å²) in [6.07, 6.45) is 19.8. The fourth-order valence-electron chi connectivity index (χ4n) is 3.99. The second kappa shape index (κ2) is 33.2. The van der Waals surface area contributed by atoms with E-state index in [2.05, 4.69) is 111 Å². The molecule has 0 saturated heterocycles. The molecule has 0 aromatic rings. The summed E-state index contributed by atoms with van der Waals surface area (Å²) in [7, 11) is 0. The first kappa shape index (κ1) is 45.0. The minimum Gasteiger partial charge on any atom is -0.0628 e. The van der Waals surface area contributed by atoms with Gasteiger partial charge in [-0.3, -0.25) is 0 Å². The topological polar surface area (TPSA) is 0 Å². The molecule has 0 aliphatic heterocycles. The SMILES string of the molecule is CC(C)CCC(C)C.CC(C)CCCC(C)C.CC(C)CCCCC(C)C.CC(C)CCCCCC(C)C. The van der Waals surface area contributed by atoms with E-state index in [-0.39, 0.29) is 0 Å². The standard InChI is InChI=1S/C11H24.C10H22.C9H20.C8H18/c1-10(2)8-6-5-7-9-11(3)4;1-9(2)7-5-6-8-10(3)4;1-8(2)6-5-7-9(3)4;1-7(2)5-6-8(3)4/h10-11H,5-9H2,1-4H3;9-10H,5-8H2,1-4H3;8-9H,5-7H2,1-4H3;7-8H,5-6H2,1-4H3. The largest absolute Gasteiger partial charge is 0.0628 e. The molecule has 0 spiro atoms. The zero-order chi connectivity index (χ0) is 30.5. The van der Waals surface area contributed by atoms with Gasteiger partial charge in [0.15, 0.2) is 0 Å². The van der Waals surface area contributed by atoms with E-state index in [1.54, 1.807) is 0 Å². The highest BCUT2D eigenvalue weighted by atomic mass is 14.0. The molecule has 38 heavy (non-hydrogen) atoms. The lowest BCUT2D eigenvalue weighted by Crippen LogP contribution is -1.91. The van der Waals surface area contributed by atoms with Crippen molar-refractivity contribution in [2.24, 2.45) is 47.3 Å². The molecule has 0 nitrogen and oxygen atoms in total. The lowest BCUT2D eigenvalue weighted by Gasteiger charge is -2.05. The molecule has 0 unspecified atom stereocenters. The molecular formula is C38H84. The lowest BCUT2D eigenvalue weighted by atomic mass is 10.0. The highest BCUT2D eigenvalue weighted by Gasteiger charge is 1.98. The van der Waals surface area contributed by atoms with Crippen molar-refractivity contribution in [2.75, 3.05) is 0 Å². The van der Waals surface area contributed by atoms with Crippen molar-refractivity contribution in [3.8, 4) is 0 Å². The van der Waals surface area contributed by atoms with Gasteiger partial charge in [-0.15, -0.1) is 0 Å². The molecule has 0 fully saturated rings. The Morgan fingerprint density at radius 2 is 0.342 bits per heavy atom. The Hall–Kier alpha value is 0. The first-order valence-electron chi connectivity index (χ1n) is 17.5. The highest BCUT2D eigenvalue weighted by Crippen LogP contribution is 2.13. The third kappa shape index (κ3) is 65.2. The van der Waals surface area contributed by atoms with Crippen LogP contribution in [0.1, 0.15) is 201 Å². The lowest BCUT2D eigenvalue weighted by molar-refractivity contribution is 0.476. The van der Waals surface area contributed by atoms with Gasteiger partial charge in [-0.2, -0.15) is 0 Å². The first-order chi connectivity index (χ1) is 17.5. The molecule has 0 aliphatic carbocycles. The number of rotatable bonds is 18. The summed E-state index contributed by atoms with van der Waals surface area (Å²) in [5.74, 6) is 7.14. The van der Waals surface area contributed by atoms with Crippen LogP contribution in [-0.2, 0) is 0 Å². The van der Waals surface area contributed by atoms with Gasteiger partial charge in [0, 0.05) is 0 Å². The van der Waals surface area contributed by atoms with E-state index < -0.39 is 0 Å². The summed E-state index contributed by atoms with van der Waals surface area (Å²) < 4.78 is 0. The van der Waals surface area contributed by atoms with E-state index in [1.165, 1.54) is 89.9 Å². The average Bonchev–Trinajstić information content (AvgIpc) is 2.75. The molecule has 0 atom stereocenters. The van der Waals surface area contributed by atoms with E-state index in [0.717, 1.165) is 47.3 Å². The molecule has 0 aliphatic rings. The maximum Gasteiger partial charge on any atom is -0.0471 e. The van der Waals surface area contributed by atoms with Gasteiger partial charge < -0.3 is 0 Å². The minimum atomic E-state index is 0.886. The van der Waals surface area contributed by atoms with Crippen LogP contribution in [0.5, 0.6) is 0 Å². The smallest absolute Gasteiger partial charge is 0.0471 e. The van der Waals surface area contributed by atoms with Crippen LogP contribution in [0.25, 0.3) is 0 Å². The third-order valence-electron chi connectivity index (χ3n) is 6.76. The Bertz CT molecular complexity index is 347. The monoisotopic (exact) mass is 541 g/mol. The fourth-order valence-corrected chi connectivity index (χ4v) is 3.99. The summed E-state index contributed by atoms with van der Waals surface area (Å²) in [5, 5.41) is 0. The highest BCUT2D eigenvalue weighted by molar-refractivity contribution is 4.51. The van der Waals surface area contributed by atoms with Crippen molar-refractivity contribution >= 4 is 0 Å². The molecule has 0 aromatic heterocycles. The van der Waals surface area contributed by atoms with Gasteiger partial charge in [0.1, 0.15) is 0 Å². The maximum absolute atomic E-state index is 2.31. The molecule has 0 amide bonds. The number of unbranched alkanes of at least 4 members (excludes halogenated alkanes) is 3. The molecule has 0 saturated carbocycles. The molecule has 0 N–H and O–H groups in total. The Kier molecular flexibility index (Phi) is 39.3. The van der Waals surface area contributed by atoms with Crippen LogP contribution >= 0.6 is 0 Å². The van der Waals surface area contributed by atoms with Crippen molar-refractivity contribution in [3.05, 3.63) is 0 Å². The van der Waals surface area contributed by atoms with Crippen LogP contribution < -0.4 is 0 Å². The van der Waals surface area contributed by atoms with Crippen molar-refractivity contribution < 1.29 is 0 Å². The molecule has 0 bridgehead atoms. The van der Waals surface area contributed by atoms with Gasteiger partial charge >= 0.3 is 0 Å². The summed E-state index contributed by atoms with van der Waals surface area (Å²) in [4.78, 5) is 0. The van der Waals surface area contributed by atoms with Gasteiger partial charge in [-0.05, 0) is 47.3 Å². The second-order valence-electron chi connectivity index (χ2n) is 15.6. The Balaban J connectivity index is -0.000000204. The summed E-state index contributed by atoms with van der Waals surface area (Å²) in [5.41, 5.74) is 0. The van der Waals surface area contributed by atoms with Crippen molar-refractivity contribution in [1.29, 1.82) is 0 Å². The van der Waals surface area contributed by atoms with Crippen LogP contribution in [0.2, 0.25) is 0 Å². The fraction of sp³-hybridized carbons (Fsp3) is 1.00. The van der Waals surface area contributed by atoms with Gasteiger partial charge in [0.2, 0.25) is 0 Å². The van der Waals surface area contributed by atoms with Crippen LogP contribution in [-0.4, -0.2) is 0 Å². The van der Waals surface area contributed by atoms with Gasteiger partial charge in [0.05, 0.1) is 0 Å². The molecule has 0 heteroatoms. The molecule has 0 radical (unpaired) electrons. The predicted octanol–water partition coefficient (Wildman–Crippen LogP) is 14.7. The molecule has 0 aromatic carbocycles. The van der Waals surface area contributed by atoms with Crippen LogP contribution in [0.15, 0.2) is 0 Å². The van der Waals surface area contributed by atoms with E-state index in [0.29, 0.717) is 0 Å². The zero-order valence-corrected chi connectivity index (χ0v) is 30.5. The molecule has 236 valence electrons. The first-order valence-corrected chi connectivity index (χ1v) is 17.5. The number of hydrogen-bond donors (Lipinski definition) is 0. The van der Waals surface area contributed by atoms with Crippen LogP contribution in [0.3, 0.4) is 0 Å². The molecule has 0 heterocycles. The van der Waals surface area contributed by atoms with E-state index in [1.807, 2.05) is 0 Å². The van der Waals surface area contributed by atoms with Gasteiger partial charge in [-0.25, -0.2) is 0 Å². The number of hydrogen-bond acceptors (Lipinski definition) is 0. The van der Waals surface area contributed by atoms with Gasteiger partial charge in [-0.1, -0.05) is 201 Å². The molecule has 0 rings (SSSR count). The van der Waals surface area contributed by atoms with Crippen LogP contribution in [0.4, 0.5) is 0 Å². The Morgan fingerprint density at radius 3 is 0.526 bits per heavy atom. The minimum absolute atomic E-state index is 0.886. The third-order valence-corrected chi connectivity index (χ3v) is 6.76. The van der Waals surface area contributed by atoms with Crippen molar-refractivity contribution in [2.45, 2.75) is 201 Å². The Labute approximate surface area is 247 Å². The Morgan fingerprint density at radius 1 is 0.184 bits per heavy atom. The molecular weight excluding hydrogens is 456 g/mol. The normalized spacial score (nSPS) is 11.4. The quantitative estimate of drug-likeness (QED) is 0.152. The van der Waals surface area contributed by atoms with Crippen molar-refractivity contribution in [3.63, 3.8) is 0 Å².